The molecule has 2 aromatic rings. The van der Waals surface area contributed by atoms with E-state index in [4.69, 9.17) is 5.11 Å². The Balaban J connectivity index is 2.56. The molecule has 0 aliphatic heterocycles. The van der Waals surface area contributed by atoms with E-state index in [1.54, 1.807) is 13.0 Å². The maximum atomic E-state index is 13.1. The van der Waals surface area contributed by atoms with Crippen LogP contribution in [0.3, 0.4) is 0 Å². The lowest BCUT2D eigenvalue weighted by Crippen LogP contribution is -1.97. The third-order valence-corrected chi connectivity index (χ3v) is 2.58. The summed E-state index contributed by atoms with van der Waals surface area (Å²) in [5.41, 5.74) is 1.86. The monoisotopic (exact) mass is 248 g/mol. The Kier molecular flexibility index (Phi) is 3.10. The van der Waals surface area contributed by atoms with Gasteiger partial charge in [0.05, 0.1) is 5.56 Å². The van der Waals surface area contributed by atoms with Gasteiger partial charge in [0, 0.05) is 0 Å². The number of aryl methyl sites for hydroxylation is 1. The molecule has 2 nitrogen and oxygen atoms in total. The molecule has 0 saturated carbocycles. The minimum absolute atomic E-state index is 0.120. The molecule has 0 unspecified atom stereocenters. The number of hydrogen-bond donors (Lipinski definition) is 1. The summed E-state index contributed by atoms with van der Waals surface area (Å²) in [6.07, 6.45) is 0. The number of carboxylic acids is 1. The molecule has 0 atom stereocenters. The Morgan fingerprint density at radius 2 is 1.72 bits per heavy atom. The smallest absolute Gasteiger partial charge is 0.335 e. The first-order valence-electron chi connectivity index (χ1n) is 5.28. The van der Waals surface area contributed by atoms with Gasteiger partial charge in [0.2, 0.25) is 0 Å². The molecule has 0 heterocycles. The second-order valence-electron chi connectivity index (χ2n) is 4.02. The van der Waals surface area contributed by atoms with E-state index in [2.05, 4.69) is 0 Å². The fraction of sp³-hybridized carbons (Fsp3) is 0.0714. The van der Waals surface area contributed by atoms with Crippen molar-refractivity contribution in [2.24, 2.45) is 0 Å². The molecule has 0 aromatic heterocycles. The van der Waals surface area contributed by atoms with Gasteiger partial charge in [0.15, 0.2) is 11.6 Å². The molecule has 0 aliphatic carbocycles. The van der Waals surface area contributed by atoms with Crippen molar-refractivity contribution in [3.05, 3.63) is 59.2 Å². The predicted octanol–water partition coefficient (Wildman–Crippen LogP) is 3.64. The minimum atomic E-state index is -1.05. The van der Waals surface area contributed by atoms with Crippen molar-refractivity contribution in [1.82, 2.24) is 0 Å². The summed E-state index contributed by atoms with van der Waals surface area (Å²) in [4.78, 5) is 10.9. The van der Waals surface area contributed by atoms with Crippen molar-refractivity contribution in [2.75, 3.05) is 0 Å². The zero-order chi connectivity index (χ0) is 13.3. The van der Waals surface area contributed by atoms with Crippen LogP contribution in [0.4, 0.5) is 8.78 Å². The molecule has 1 N–H and O–H groups in total. The molecule has 0 saturated heterocycles. The Hall–Kier alpha value is -2.23. The number of hydrogen-bond acceptors (Lipinski definition) is 1. The summed E-state index contributed by atoms with van der Waals surface area (Å²) in [7, 11) is 0. The topological polar surface area (TPSA) is 37.3 Å². The van der Waals surface area contributed by atoms with Crippen LogP contribution < -0.4 is 0 Å². The average molecular weight is 248 g/mol. The van der Waals surface area contributed by atoms with Crippen molar-refractivity contribution in [2.45, 2.75) is 6.92 Å². The van der Waals surface area contributed by atoms with Gasteiger partial charge in [-0.1, -0.05) is 12.1 Å². The van der Waals surface area contributed by atoms with Crippen molar-refractivity contribution in [3.8, 4) is 11.1 Å². The first kappa shape index (κ1) is 12.2. The molecule has 2 aromatic carbocycles. The lowest BCUT2D eigenvalue weighted by atomic mass is 10.00. The summed E-state index contributed by atoms with van der Waals surface area (Å²) in [6, 6.07) is 8.16. The highest BCUT2D eigenvalue weighted by Crippen LogP contribution is 2.24. The largest absolute Gasteiger partial charge is 0.478 e. The van der Waals surface area contributed by atoms with Gasteiger partial charge >= 0.3 is 5.97 Å². The molecule has 18 heavy (non-hydrogen) atoms. The molecule has 0 radical (unpaired) electrons. The van der Waals surface area contributed by atoms with Gasteiger partial charge in [0.25, 0.3) is 0 Å². The van der Waals surface area contributed by atoms with E-state index >= 15 is 0 Å². The minimum Gasteiger partial charge on any atom is -0.478 e. The van der Waals surface area contributed by atoms with Crippen LogP contribution in [0.15, 0.2) is 36.4 Å². The van der Waals surface area contributed by atoms with E-state index in [0.717, 1.165) is 17.7 Å². The molecule has 0 fully saturated rings. The molecule has 0 amide bonds. The number of benzene rings is 2. The van der Waals surface area contributed by atoms with Gasteiger partial charge < -0.3 is 5.11 Å². The Morgan fingerprint density at radius 3 is 2.33 bits per heavy atom. The van der Waals surface area contributed by atoms with E-state index < -0.39 is 17.6 Å². The van der Waals surface area contributed by atoms with Crippen molar-refractivity contribution in [1.29, 1.82) is 0 Å². The van der Waals surface area contributed by atoms with Gasteiger partial charge in [-0.15, -0.1) is 0 Å². The van der Waals surface area contributed by atoms with Gasteiger partial charge in [0.1, 0.15) is 0 Å². The third-order valence-electron chi connectivity index (χ3n) is 2.58. The average Bonchev–Trinajstić information content (AvgIpc) is 2.31. The summed E-state index contributed by atoms with van der Waals surface area (Å²) in [6.45, 7) is 1.75. The van der Waals surface area contributed by atoms with Crippen molar-refractivity contribution < 1.29 is 18.7 Å². The van der Waals surface area contributed by atoms with Crippen LogP contribution in [-0.2, 0) is 0 Å². The highest BCUT2D eigenvalue weighted by Gasteiger charge is 2.09. The molecule has 2 rings (SSSR count). The van der Waals surface area contributed by atoms with E-state index in [-0.39, 0.29) is 5.56 Å². The van der Waals surface area contributed by atoms with Crippen molar-refractivity contribution >= 4 is 5.97 Å². The zero-order valence-corrected chi connectivity index (χ0v) is 9.58. The van der Waals surface area contributed by atoms with Gasteiger partial charge in [-0.2, -0.15) is 0 Å². The van der Waals surface area contributed by atoms with E-state index in [1.165, 1.54) is 18.2 Å². The zero-order valence-electron chi connectivity index (χ0n) is 9.58. The standard InChI is InChI=1S/C14H10F2O2/c1-8-4-10(6-11(5-8)14(17)18)9-2-3-12(15)13(16)7-9/h2-7H,1H3,(H,17,18). The first-order valence-corrected chi connectivity index (χ1v) is 5.28. The van der Waals surface area contributed by atoms with Crippen LogP contribution in [0.25, 0.3) is 11.1 Å². The highest BCUT2D eigenvalue weighted by atomic mass is 19.2. The Morgan fingerprint density at radius 1 is 1.00 bits per heavy atom. The van der Waals surface area contributed by atoms with Crippen LogP contribution in [0.1, 0.15) is 15.9 Å². The predicted molar refractivity (Wildman–Crippen MR) is 63.5 cm³/mol. The summed E-state index contributed by atoms with van der Waals surface area (Å²) in [5.74, 6) is -2.93. The summed E-state index contributed by atoms with van der Waals surface area (Å²) in [5, 5.41) is 8.95. The molecule has 92 valence electrons. The molecule has 4 heteroatoms. The number of carboxylic acid groups (broad SMARTS) is 1. The second-order valence-corrected chi connectivity index (χ2v) is 4.02. The van der Waals surface area contributed by atoms with Crippen molar-refractivity contribution in [3.63, 3.8) is 0 Å². The summed E-state index contributed by atoms with van der Waals surface area (Å²) < 4.78 is 26.0. The van der Waals surface area contributed by atoms with Crippen LogP contribution >= 0.6 is 0 Å². The van der Waals surface area contributed by atoms with Crippen LogP contribution in [0.5, 0.6) is 0 Å². The van der Waals surface area contributed by atoms with Gasteiger partial charge in [-0.05, 0) is 47.9 Å². The number of carbonyl (C=O) groups is 1. The highest BCUT2D eigenvalue weighted by molar-refractivity contribution is 5.89. The number of rotatable bonds is 2. The van der Waals surface area contributed by atoms with Crippen LogP contribution in [-0.4, -0.2) is 11.1 Å². The molecule has 0 spiro atoms. The lowest BCUT2D eigenvalue weighted by molar-refractivity contribution is 0.0697. The first-order chi connectivity index (χ1) is 8.47. The summed E-state index contributed by atoms with van der Waals surface area (Å²) >= 11 is 0. The normalized spacial score (nSPS) is 10.4. The van der Waals surface area contributed by atoms with E-state index in [0.29, 0.717) is 11.1 Å². The van der Waals surface area contributed by atoms with Crippen LogP contribution in [0.2, 0.25) is 0 Å². The molecule has 0 aliphatic rings. The Labute approximate surface area is 103 Å². The van der Waals surface area contributed by atoms with E-state index in [1.807, 2.05) is 0 Å². The van der Waals surface area contributed by atoms with Gasteiger partial charge in [-0.3, -0.25) is 0 Å². The van der Waals surface area contributed by atoms with E-state index in [9.17, 15) is 13.6 Å². The molecular weight excluding hydrogens is 238 g/mol. The Bertz CT molecular complexity index is 621. The third kappa shape index (κ3) is 2.37. The number of halogens is 2. The SMILES string of the molecule is Cc1cc(C(=O)O)cc(-c2ccc(F)c(F)c2)c1. The maximum Gasteiger partial charge on any atom is 0.335 e. The molecular formula is C14H10F2O2. The maximum absolute atomic E-state index is 13.1. The molecule has 0 bridgehead atoms. The quantitative estimate of drug-likeness (QED) is 0.880. The fourth-order valence-corrected chi connectivity index (χ4v) is 1.75. The second kappa shape index (κ2) is 4.56. The van der Waals surface area contributed by atoms with Gasteiger partial charge in [-0.25, -0.2) is 13.6 Å². The number of aromatic carboxylic acids is 1. The fourth-order valence-electron chi connectivity index (χ4n) is 1.75. The lowest BCUT2D eigenvalue weighted by Gasteiger charge is -2.06. The van der Waals surface area contributed by atoms with Crippen LogP contribution in [0, 0.1) is 18.6 Å².